The Balaban J connectivity index is 1.80. The molecule has 0 bridgehead atoms. The minimum absolute atomic E-state index is 0.565. The van der Waals surface area contributed by atoms with Crippen LogP contribution in [0.3, 0.4) is 0 Å². The normalized spacial score (nSPS) is 23.1. The van der Waals surface area contributed by atoms with Gasteiger partial charge in [-0.3, -0.25) is 0 Å². The van der Waals surface area contributed by atoms with E-state index >= 15 is 0 Å². The van der Waals surface area contributed by atoms with Crippen LogP contribution in [0.4, 0.5) is 0 Å². The lowest BCUT2D eigenvalue weighted by Crippen LogP contribution is -2.24. The van der Waals surface area contributed by atoms with Gasteiger partial charge in [0, 0.05) is 10.9 Å². The Hall–Kier alpha value is -0.410. The van der Waals surface area contributed by atoms with Crippen LogP contribution < -0.4 is 5.32 Å². The van der Waals surface area contributed by atoms with Crippen LogP contribution in [0.2, 0.25) is 0 Å². The molecule has 1 aromatic rings. The SMILES string of the molecule is Cc1nc(C(NC2CC2)C2CC2)sc1C. The van der Waals surface area contributed by atoms with Crippen molar-refractivity contribution in [2.45, 2.75) is 51.6 Å². The molecule has 15 heavy (non-hydrogen) atoms. The van der Waals surface area contributed by atoms with E-state index in [1.165, 1.54) is 41.3 Å². The Morgan fingerprint density at radius 3 is 2.47 bits per heavy atom. The minimum atomic E-state index is 0.565. The molecule has 3 rings (SSSR count). The number of aromatic nitrogens is 1. The molecule has 2 nitrogen and oxygen atoms in total. The highest BCUT2D eigenvalue weighted by atomic mass is 32.1. The highest BCUT2D eigenvalue weighted by Crippen LogP contribution is 2.44. The van der Waals surface area contributed by atoms with E-state index in [2.05, 4.69) is 19.2 Å². The molecule has 82 valence electrons. The first-order chi connectivity index (χ1) is 7.24. The Morgan fingerprint density at radius 2 is 2.00 bits per heavy atom. The van der Waals surface area contributed by atoms with E-state index in [0.717, 1.165) is 12.0 Å². The molecule has 3 heteroatoms. The van der Waals surface area contributed by atoms with Crippen LogP contribution >= 0.6 is 11.3 Å². The van der Waals surface area contributed by atoms with E-state index in [1.807, 2.05) is 11.3 Å². The second-order valence-electron chi connectivity index (χ2n) is 4.95. The van der Waals surface area contributed by atoms with Gasteiger partial charge in [-0.25, -0.2) is 4.98 Å². The van der Waals surface area contributed by atoms with Crippen molar-refractivity contribution in [3.8, 4) is 0 Å². The van der Waals surface area contributed by atoms with Gasteiger partial charge in [0.1, 0.15) is 5.01 Å². The second kappa shape index (κ2) is 3.56. The van der Waals surface area contributed by atoms with Crippen molar-refractivity contribution in [1.82, 2.24) is 10.3 Å². The first-order valence-corrected chi connectivity index (χ1v) is 6.75. The number of nitrogens with zero attached hydrogens (tertiary/aromatic N) is 1. The maximum absolute atomic E-state index is 4.71. The molecular weight excluding hydrogens is 204 g/mol. The number of hydrogen-bond acceptors (Lipinski definition) is 3. The average molecular weight is 222 g/mol. The fourth-order valence-corrected chi connectivity index (χ4v) is 3.05. The maximum Gasteiger partial charge on any atom is 0.110 e. The number of nitrogens with one attached hydrogen (secondary N) is 1. The molecule has 2 aliphatic rings. The molecule has 0 aromatic carbocycles. The van der Waals surface area contributed by atoms with Crippen LogP contribution in [-0.2, 0) is 0 Å². The third-order valence-corrected chi connectivity index (χ3v) is 4.55. The maximum atomic E-state index is 4.71. The highest BCUT2D eigenvalue weighted by Gasteiger charge is 2.37. The lowest BCUT2D eigenvalue weighted by Gasteiger charge is -2.14. The molecule has 1 atom stereocenters. The summed E-state index contributed by atoms with van der Waals surface area (Å²) in [6.45, 7) is 4.30. The Kier molecular flexibility index (Phi) is 2.33. The lowest BCUT2D eigenvalue weighted by atomic mass is 10.2. The summed E-state index contributed by atoms with van der Waals surface area (Å²) in [6, 6.07) is 1.36. The Bertz CT molecular complexity index is 344. The van der Waals surface area contributed by atoms with Crippen molar-refractivity contribution >= 4 is 11.3 Å². The van der Waals surface area contributed by atoms with Gasteiger partial charge in [0.15, 0.2) is 0 Å². The number of thiazole rings is 1. The van der Waals surface area contributed by atoms with Crippen molar-refractivity contribution in [3.05, 3.63) is 15.6 Å². The van der Waals surface area contributed by atoms with Gasteiger partial charge in [-0.15, -0.1) is 11.3 Å². The van der Waals surface area contributed by atoms with Gasteiger partial charge in [0.25, 0.3) is 0 Å². The molecule has 0 aliphatic heterocycles. The van der Waals surface area contributed by atoms with Gasteiger partial charge in [0.05, 0.1) is 11.7 Å². The van der Waals surface area contributed by atoms with Gasteiger partial charge in [-0.2, -0.15) is 0 Å². The van der Waals surface area contributed by atoms with Crippen LogP contribution in [0.1, 0.15) is 47.3 Å². The van der Waals surface area contributed by atoms with Gasteiger partial charge in [-0.05, 0) is 45.4 Å². The number of rotatable bonds is 4. The quantitative estimate of drug-likeness (QED) is 0.847. The average Bonchev–Trinajstić information content (AvgIpc) is 3.07. The van der Waals surface area contributed by atoms with Crippen LogP contribution in [0.15, 0.2) is 0 Å². The van der Waals surface area contributed by atoms with E-state index < -0.39 is 0 Å². The zero-order chi connectivity index (χ0) is 10.4. The van der Waals surface area contributed by atoms with Crippen molar-refractivity contribution in [2.24, 2.45) is 5.92 Å². The first kappa shape index (κ1) is 9.79. The molecule has 1 heterocycles. The van der Waals surface area contributed by atoms with Crippen molar-refractivity contribution in [3.63, 3.8) is 0 Å². The monoisotopic (exact) mass is 222 g/mol. The summed E-state index contributed by atoms with van der Waals surface area (Å²) in [7, 11) is 0. The summed E-state index contributed by atoms with van der Waals surface area (Å²) >= 11 is 1.89. The lowest BCUT2D eigenvalue weighted by molar-refractivity contribution is 0.475. The number of hydrogen-bond donors (Lipinski definition) is 1. The van der Waals surface area contributed by atoms with Crippen LogP contribution in [0.5, 0.6) is 0 Å². The Labute approximate surface area is 95.1 Å². The Morgan fingerprint density at radius 1 is 1.27 bits per heavy atom. The molecule has 2 fully saturated rings. The summed E-state index contributed by atoms with van der Waals surface area (Å²) < 4.78 is 0. The van der Waals surface area contributed by atoms with Crippen molar-refractivity contribution < 1.29 is 0 Å². The topological polar surface area (TPSA) is 24.9 Å². The molecule has 0 spiro atoms. The summed E-state index contributed by atoms with van der Waals surface area (Å²) in [5, 5.41) is 5.09. The largest absolute Gasteiger partial charge is 0.305 e. The van der Waals surface area contributed by atoms with Crippen LogP contribution in [0, 0.1) is 19.8 Å². The van der Waals surface area contributed by atoms with Crippen molar-refractivity contribution in [1.29, 1.82) is 0 Å². The molecule has 0 radical (unpaired) electrons. The van der Waals surface area contributed by atoms with Gasteiger partial charge in [0.2, 0.25) is 0 Å². The summed E-state index contributed by atoms with van der Waals surface area (Å²) in [5.74, 6) is 0.871. The van der Waals surface area contributed by atoms with Gasteiger partial charge < -0.3 is 5.32 Å². The summed E-state index contributed by atoms with van der Waals surface area (Å²) in [6.07, 6.45) is 5.52. The first-order valence-electron chi connectivity index (χ1n) is 5.94. The molecule has 2 saturated carbocycles. The van der Waals surface area contributed by atoms with Crippen LogP contribution in [-0.4, -0.2) is 11.0 Å². The fourth-order valence-electron chi connectivity index (χ4n) is 1.97. The van der Waals surface area contributed by atoms with Gasteiger partial charge in [-0.1, -0.05) is 0 Å². The summed E-state index contributed by atoms with van der Waals surface area (Å²) in [4.78, 5) is 6.09. The third-order valence-electron chi connectivity index (χ3n) is 3.40. The van der Waals surface area contributed by atoms with E-state index in [0.29, 0.717) is 6.04 Å². The zero-order valence-corrected chi connectivity index (χ0v) is 10.2. The summed E-state index contributed by atoms with van der Waals surface area (Å²) in [5.41, 5.74) is 1.22. The van der Waals surface area contributed by atoms with E-state index in [9.17, 15) is 0 Å². The van der Waals surface area contributed by atoms with E-state index in [1.54, 1.807) is 0 Å². The predicted octanol–water partition coefficient (Wildman–Crippen LogP) is 2.96. The van der Waals surface area contributed by atoms with Gasteiger partial charge >= 0.3 is 0 Å². The molecular formula is C12H18N2S. The fraction of sp³-hybridized carbons (Fsp3) is 0.750. The standard InChI is InChI=1S/C12H18N2S/c1-7-8(2)15-12(13-7)11(9-3-4-9)14-10-5-6-10/h9-11,14H,3-6H2,1-2H3. The molecule has 0 amide bonds. The molecule has 0 saturated heterocycles. The molecule has 1 aromatic heterocycles. The van der Waals surface area contributed by atoms with E-state index in [4.69, 9.17) is 4.98 Å². The molecule has 1 unspecified atom stereocenters. The third kappa shape index (κ3) is 2.08. The van der Waals surface area contributed by atoms with Crippen molar-refractivity contribution in [2.75, 3.05) is 0 Å². The minimum Gasteiger partial charge on any atom is -0.305 e. The second-order valence-corrected chi connectivity index (χ2v) is 6.18. The van der Waals surface area contributed by atoms with E-state index in [-0.39, 0.29) is 0 Å². The highest BCUT2D eigenvalue weighted by molar-refractivity contribution is 7.11. The van der Waals surface area contributed by atoms with Crippen LogP contribution in [0.25, 0.3) is 0 Å². The molecule has 2 aliphatic carbocycles. The zero-order valence-electron chi connectivity index (χ0n) is 9.42. The predicted molar refractivity (Wildman–Crippen MR) is 63.2 cm³/mol. The number of aryl methyl sites for hydroxylation is 2. The molecule has 1 N–H and O–H groups in total. The smallest absolute Gasteiger partial charge is 0.110 e.